The Hall–Kier alpha value is -0.790. The summed E-state index contributed by atoms with van der Waals surface area (Å²) in [4.78, 5) is 12.7. The van der Waals surface area contributed by atoms with E-state index in [1.165, 1.54) is 44.9 Å². The molecule has 0 saturated heterocycles. The largest absolute Gasteiger partial charge is 0.299 e. The van der Waals surface area contributed by atoms with Crippen LogP contribution < -0.4 is 0 Å². The summed E-state index contributed by atoms with van der Waals surface area (Å²) in [5.41, 5.74) is -0.204. The van der Waals surface area contributed by atoms with E-state index in [-0.39, 0.29) is 11.2 Å². The van der Waals surface area contributed by atoms with Crippen LogP contribution in [0.1, 0.15) is 110 Å². The quantitative estimate of drug-likeness (QED) is 0.322. The van der Waals surface area contributed by atoms with Gasteiger partial charge in [-0.25, -0.2) is 0 Å². The molecule has 0 amide bonds. The van der Waals surface area contributed by atoms with Gasteiger partial charge in [-0.2, -0.15) is 8.42 Å². The lowest BCUT2D eigenvalue weighted by Gasteiger charge is -2.15. The van der Waals surface area contributed by atoms with Crippen molar-refractivity contribution in [1.82, 2.24) is 0 Å². The molecule has 1 fully saturated rings. The van der Waals surface area contributed by atoms with Gasteiger partial charge in [-0.05, 0) is 22.4 Å². The molecule has 1 aromatic heterocycles. The summed E-state index contributed by atoms with van der Waals surface area (Å²) in [5, 5.41) is 2.01. The molecule has 1 saturated carbocycles. The van der Waals surface area contributed by atoms with Crippen LogP contribution in [0, 0.1) is 5.41 Å². The number of ketones is 1. The standard InChI is InChI=1S/C10H14OS.C8H17FO3S.C6H12/c1-10(2,3)9(11)7-8-5-4-6-12-8;1-2-3-4-5-6-7-8-13(10,11)12-9;1-2-4-6-5-3-1/h4-6H,7H2,1-3H3;2-8H2,1H3;1-6H2. The van der Waals surface area contributed by atoms with Crippen molar-refractivity contribution in [2.75, 3.05) is 5.75 Å². The molecule has 1 aliphatic rings. The molecule has 0 unspecified atom stereocenters. The average molecular weight is 479 g/mol. The first-order chi connectivity index (χ1) is 14.6. The molecule has 1 heterocycles. The topological polar surface area (TPSA) is 60.4 Å². The maximum absolute atomic E-state index is 11.5. The van der Waals surface area contributed by atoms with E-state index in [0.29, 0.717) is 18.6 Å². The van der Waals surface area contributed by atoms with E-state index in [9.17, 15) is 17.7 Å². The zero-order valence-electron chi connectivity index (χ0n) is 20.0. The van der Waals surface area contributed by atoms with Gasteiger partial charge < -0.3 is 0 Å². The van der Waals surface area contributed by atoms with Gasteiger partial charge in [0, 0.05) is 16.7 Å². The van der Waals surface area contributed by atoms with E-state index in [1.807, 2.05) is 38.3 Å². The van der Waals surface area contributed by atoms with E-state index in [2.05, 4.69) is 11.3 Å². The minimum absolute atomic E-state index is 0.204. The van der Waals surface area contributed by atoms with Crippen molar-refractivity contribution in [3.05, 3.63) is 22.4 Å². The fraction of sp³-hybridized carbons (Fsp3) is 0.792. The predicted molar refractivity (Wildman–Crippen MR) is 130 cm³/mol. The molecule has 2 rings (SSSR count). The van der Waals surface area contributed by atoms with Crippen LogP contribution in [0.15, 0.2) is 17.5 Å². The van der Waals surface area contributed by atoms with Gasteiger partial charge in [0.25, 0.3) is 10.1 Å². The van der Waals surface area contributed by atoms with Gasteiger partial charge in [0.2, 0.25) is 0 Å². The second-order valence-electron chi connectivity index (χ2n) is 9.14. The van der Waals surface area contributed by atoms with E-state index >= 15 is 0 Å². The second kappa shape index (κ2) is 17.7. The highest BCUT2D eigenvalue weighted by Crippen LogP contribution is 2.19. The van der Waals surface area contributed by atoms with Crippen molar-refractivity contribution in [3.8, 4) is 0 Å². The van der Waals surface area contributed by atoms with Gasteiger partial charge in [0.1, 0.15) is 5.78 Å². The third-order valence-corrected chi connectivity index (χ3v) is 6.95. The zero-order chi connectivity index (χ0) is 23.6. The summed E-state index contributed by atoms with van der Waals surface area (Å²) < 4.78 is 35.1. The molecular formula is C24H43FO4S2. The van der Waals surface area contributed by atoms with Crippen molar-refractivity contribution >= 4 is 27.2 Å². The molecule has 31 heavy (non-hydrogen) atoms. The number of Topliss-reactive ketones (excluding diaryl/α,β-unsaturated/α-hetero) is 1. The molecule has 1 aromatic rings. The molecule has 0 aromatic carbocycles. The monoisotopic (exact) mass is 478 g/mol. The number of hydrogen-bond donors (Lipinski definition) is 0. The van der Waals surface area contributed by atoms with Gasteiger partial charge in [0.15, 0.2) is 0 Å². The molecular weight excluding hydrogens is 435 g/mol. The van der Waals surface area contributed by atoms with E-state index in [0.717, 1.165) is 30.6 Å². The van der Waals surface area contributed by atoms with Crippen molar-refractivity contribution in [3.63, 3.8) is 0 Å². The van der Waals surface area contributed by atoms with Crippen LogP contribution in [0.4, 0.5) is 4.53 Å². The van der Waals surface area contributed by atoms with Crippen molar-refractivity contribution < 1.29 is 22.1 Å². The first-order valence-corrected chi connectivity index (χ1v) is 14.2. The van der Waals surface area contributed by atoms with Crippen LogP contribution in [0.2, 0.25) is 0 Å². The van der Waals surface area contributed by atoms with Gasteiger partial charge in [0.05, 0.1) is 5.75 Å². The van der Waals surface area contributed by atoms with Crippen LogP contribution in [-0.2, 0) is 25.7 Å². The Balaban J connectivity index is 0.000000461. The van der Waals surface area contributed by atoms with E-state index in [1.54, 1.807) is 11.3 Å². The first-order valence-electron chi connectivity index (χ1n) is 11.7. The predicted octanol–water partition coefficient (Wildman–Crippen LogP) is 7.82. The summed E-state index contributed by atoms with van der Waals surface area (Å²) in [6, 6.07) is 3.99. The third-order valence-electron chi connectivity index (χ3n) is 5.10. The van der Waals surface area contributed by atoms with Crippen LogP contribution in [-0.4, -0.2) is 20.0 Å². The highest BCUT2D eigenvalue weighted by atomic mass is 32.2. The molecule has 1 aliphatic carbocycles. The van der Waals surface area contributed by atoms with E-state index < -0.39 is 10.1 Å². The Kier molecular flexibility index (Phi) is 17.3. The molecule has 0 atom stereocenters. The minimum atomic E-state index is -3.88. The fourth-order valence-corrected chi connectivity index (χ4v) is 4.31. The second-order valence-corrected chi connectivity index (χ2v) is 11.8. The SMILES string of the molecule is C1CCCCC1.CC(C)(C)C(=O)Cc1cccs1.CCCCCCCCS(=O)(=O)OF. The lowest BCUT2D eigenvalue weighted by Crippen LogP contribution is -2.21. The summed E-state index contributed by atoms with van der Waals surface area (Å²) in [6.07, 6.45) is 15.3. The van der Waals surface area contributed by atoms with Crippen molar-refractivity contribution in [2.45, 2.75) is 111 Å². The van der Waals surface area contributed by atoms with Gasteiger partial charge >= 0.3 is 0 Å². The van der Waals surface area contributed by atoms with Gasteiger partial charge in [-0.3, -0.25) is 4.79 Å². The highest BCUT2D eigenvalue weighted by Gasteiger charge is 2.21. The number of thiophene rings is 1. The molecule has 0 N–H and O–H groups in total. The van der Waals surface area contributed by atoms with Crippen LogP contribution in [0.5, 0.6) is 0 Å². The number of unbranched alkanes of at least 4 members (excludes halogenated alkanes) is 5. The molecule has 0 radical (unpaired) electrons. The normalized spacial score (nSPS) is 14.1. The molecule has 0 bridgehead atoms. The highest BCUT2D eigenvalue weighted by molar-refractivity contribution is 7.86. The van der Waals surface area contributed by atoms with Crippen molar-refractivity contribution in [2.24, 2.45) is 5.41 Å². The summed E-state index contributed by atoms with van der Waals surface area (Å²) in [6.45, 7) is 8.00. The maximum atomic E-state index is 11.5. The lowest BCUT2D eigenvalue weighted by molar-refractivity contribution is -0.125. The van der Waals surface area contributed by atoms with Crippen LogP contribution in [0.25, 0.3) is 0 Å². The number of hydrogen-bond acceptors (Lipinski definition) is 5. The number of carbonyl (C=O) groups excluding carboxylic acids is 1. The van der Waals surface area contributed by atoms with Gasteiger partial charge in [-0.1, -0.05) is 109 Å². The maximum Gasteiger partial charge on any atom is 0.297 e. The molecule has 4 nitrogen and oxygen atoms in total. The van der Waals surface area contributed by atoms with Crippen LogP contribution in [0.3, 0.4) is 0 Å². The van der Waals surface area contributed by atoms with E-state index in [4.69, 9.17) is 0 Å². The molecule has 182 valence electrons. The van der Waals surface area contributed by atoms with Crippen LogP contribution >= 0.6 is 11.3 Å². The number of carbonyl (C=O) groups is 1. The summed E-state index contributed by atoms with van der Waals surface area (Å²) in [5.74, 6) is 0.0975. The molecule has 0 spiro atoms. The smallest absolute Gasteiger partial charge is 0.297 e. The molecule has 0 aliphatic heterocycles. The average Bonchev–Trinajstić information content (AvgIpc) is 3.25. The zero-order valence-corrected chi connectivity index (χ0v) is 21.6. The Morgan fingerprint density at radius 1 is 1.00 bits per heavy atom. The first kappa shape index (κ1) is 30.2. The third kappa shape index (κ3) is 18.5. The fourth-order valence-electron chi connectivity index (χ4n) is 2.99. The lowest BCUT2D eigenvalue weighted by atomic mass is 9.89. The number of halogens is 1. The molecule has 7 heteroatoms. The Bertz CT molecular complexity index is 634. The Morgan fingerprint density at radius 2 is 1.52 bits per heavy atom. The number of rotatable bonds is 10. The Labute approximate surface area is 194 Å². The minimum Gasteiger partial charge on any atom is -0.299 e. The van der Waals surface area contributed by atoms with Crippen molar-refractivity contribution in [1.29, 1.82) is 0 Å². The summed E-state index contributed by atoms with van der Waals surface area (Å²) >= 11 is 1.65. The van der Waals surface area contributed by atoms with Gasteiger partial charge in [-0.15, -0.1) is 11.3 Å². The summed E-state index contributed by atoms with van der Waals surface area (Å²) in [7, 11) is -3.88. The Morgan fingerprint density at radius 3 is 1.94 bits per heavy atom.